The van der Waals surface area contributed by atoms with E-state index in [2.05, 4.69) is 154 Å². The Kier molecular flexibility index (Phi) is 7.17. The zero-order valence-corrected chi connectivity index (χ0v) is 30.6. The maximum atomic E-state index is 6.73. The number of hydrogen-bond donors (Lipinski definition) is 0. The van der Waals surface area contributed by atoms with Crippen LogP contribution < -0.4 is 27.3 Å². The maximum Gasteiger partial charge on any atom is 0.139 e. The van der Waals surface area contributed by atoms with Gasteiger partial charge >= 0.3 is 0 Å². The highest BCUT2D eigenvalue weighted by Crippen LogP contribution is 2.47. The summed E-state index contributed by atoms with van der Waals surface area (Å²) in [4.78, 5) is 0. The Morgan fingerprint density at radius 3 is 1.55 bits per heavy atom. The van der Waals surface area contributed by atoms with Gasteiger partial charge in [0.15, 0.2) is 0 Å². The van der Waals surface area contributed by atoms with E-state index in [1.165, 1.54) is 71.1 Å². The van der Waals surface area contributed by atoms with Crippen molar-refractivity contribution in [1.82, 2.24) is 0 Å². The van der Waals surface area contributed by atoms with Crippen molar-refractivity contribution in [3.8, 4) is 44.7 Å². The van der Waals surface area contributed by atoms with Crippen LogP contribution >= 0.6 is 0 Å². The first-order valence-corrected chi connectivity index (χ1v) is 18.4. The molecule has 244 valence electrons. The molecule has 0 aliphatic carbocycles. The van der Waals surface area contributed by atoms with Gasteiger partial charge in [-0.1, -0.05) is 120 Å². The third-order valence-electron chi connectivity index (χ3n) is 11.9. The molecule has 0 aliphatic rings. The average molecular weight is 672 g/mol. The highest BCUT2D eigenvalue weighted by molar-refractivity contribution is 6.69. The van der Waals surface area contributed by atoms with Gasteiger partial charge in [0.05, 0.1) is 0 Å². The molecule has 0 radical (unpaired) electrons. The molecule has 2 nitrogen and oxygen atoms in total. The quantitative estimate of drug-likeness (QED) is 0.202. The summed E-state index contributed by atoms with van der Waals surface area (Å²) in [7, 11) is 11.4. The molecule has 10 rings (SSSR count). The summed E-state index contributed by atoms with van der Waals surface area (Å²) in [6.07, 6.45) is 0. The minimum Gasteiger partial charge on any atom is -0.456 e. The minimum absolute atomic E-state index is 0.867. The smallest absolute Gasteiger partial charge is 0.139 e. The van der Waals surface area contributed by atoms with E-state index in [9.17, 15) is 0 Å². The van der Waals surface area contributed by atoms with Crippen LogP contribution in [0.4, 0.5) is 0 Å². The van der Waals surface area contributed by atoms with E-state index in [-0.39, 0.29) is 0 Å². The van der Waals surface area contributed by atoms with Gasteiger partial charge in [0.1, 0.15) is 61.7 Å². The molecule has 0 amide bonds. The molecule has 0 spiro atoms. The van der Waals surface area contributed by atoms with Crippen molar-refractivity contribution in [3.63, 3.8) is 0 Å². The van der Waals surface area contributed by atoms with Crippen molar-refractivity contribution in [2.24, 2.45) is 0 Å². The van der Waals surface area contributed by atoms with E-state index in [4.69, 9.17) is 8.83 Å². The average Bonchev–Trinajstić information content (AvgIpc) is 3.81. The number of fused-ring (bicyclic) bond motifs is 6. The molecule has 0 aliphatic heterocycles. The minimum atomic E-state index is 0.867. The normalized spacial score (nSPS) is 11.8. The van der Waals surface area contributed by atoms with Gasteiger partial charge < -0.3 is 8.83 Å². The lowest BCUT2D eigenvalue weighted by Crippen LogP contribution is -2.55. The van der Waals surface area contributed by atoms with Crippen LogP contribution in [0.5, 0.6) is 0 Å². The Morgan fingerprint density at radius 2 is 0.887 bits per heavy atom. The molecule has 10 aromatic rings. The summed E-state index contributed by atoms with van der Waals surface area (Å²) in [5.74, 6) is 0.867. The van der Waals surface area contributed by atoms with E-state index < -0.39 is 0 Å². The molecule has 0 unspecified atom stereocenters. The molecule has 2 aromatic heterocycles. The predicted octanol–water partition coefficient (Wildman–Crippen LogP) is 4.60. The molecule has 53 heavy (non-hydrogen) atoms. The van der Waals surface area contributed by atoms with E-state index in [1.807, 2.05) is 24.3 Å². The van der Waals surface area contributed by atoms with Crippen LogP contribution in [0.1, 0.15) is 0 Å². The van der Waals surface area contributed by atoms with Crippen LogP contribution in [-0.4, -0.2) is 39.2 Å². The van der Waals surface area contributed by atoms with Crippen LogP contribution in [0.3, 0.4) is 0 Å². The molecule has 0 saturated heterocycles. The fraction of sp³-hybridized carbons (Fsp3) is 0. The Labute approximate surface area is 312 Å². The molecule has 0 atom stereocenters. The lowest BCUT2D eigenvalue weighted by atomic mass is 9.59. The largest absolute Gasteiger partial charge is 0.456 e. The van der Waals surface area contributed by atoms with Gasteiger partial charge in [0.2, 0.25) is 0 Å². The van der Waals surface area contributed by atoms with Crippen LogP contribution in [0, 0.1) is 0 Å². The van der Waals surface area contributed by atoms with Crippen LogP contribution in [-0.2, 0) is 0 Å². The number of rotatable bonds is 4. The number of furan rings is 2. The highest BCUT2D eigenvalue weighted by Gasteiger charge is 2.23. The molecule has 2 heterocycles. The Hall–Kier alpha value is -6.06. The van der Waals surface area contributed by atoms with E-state index in [1.54, 1.807) is 0 Å². The van der Waals surface area contributed by atoms with Gasteiger partial charge in [-0.15, -0.1) is 16.4 Å². The molecule has 0 saturated carbocycles. The Morgan fingerprint density at radius 1 is 0.321 bits per heavy atom. The monoisotopic (exact) mass is 672 g/mol. The second-order valence-corrected chi connectivity index (χ2v) is 14.5. The van der Waals surface area contributed by atoms with Crippen molar-refractivity contribution < 1.29 is 8.83 Å². The first-order chi connectivity index (χ1) is 25.9. The first-order valence-electron chi connectivity index (χ1n) is 18.4. The number of benzene rings is 8. The summed E-state index contributed by atoms with van der Waals surface area (Å²) >= 11 is 0. The van der Waals surface area contributed by atoms with Gasteiger partial charge in [0.25, 0.3) is 0 Å². The van der Waals surface area contributed by atoms with Crippen molar-refractivity contribution in [2.45, 2.75) is 0 Å². The van der Waals surface area contributed by atoms with Crippen LogP contribution in [0.25, 0.3) is 99.2 Å². The fourth-order valence-electron chi connectivity index (χ4n) is 8.82. The Bertz CT molecular complexity index is 3040. The summed E-state index contributed by atoms with van der Waals surface area (Å²) in [6.45, 7) is 0. The van der Waals surface area contributed by atoms with Crippen LogP contribution in [0.2, 0.25) is 0 Å². The van der Waals surface area contributed by atoms with Crippen molar-refractivity contribution in [1.29, 1.82) is 0 Å². The van der Waals surface area contributed by atoms with Crippen LogP contribution in [0.15, 0.2) is 148 Å². The SMILES string of the molecule is Bc1c(B)c(B)c(-c2c3ccccc3c(-c3cccc4oc5cc(-c6cccc7oc(-c8ccccc8)cc67)ccc5c34)c3ccccc23)c(B)c1B. The maximum absolute atomic E-state index is 6.73. The summed E-state index contributed by atoms with van der Waals surface area (Å²) in [6, 6.07) is 49.8. The summed E-state index contributed by atoms with van der Waals surface area (Å²) < 4.78 is 13.1. The van der Waals surface area contributed by atoms with Gasteiger partial charge in [0, 0.05) is 21.7 Å². The van der Waals surface area contributed by atoms with Gasteiger partial charge in [-0.3, -0.25) is 0 Å². The van der Waals surface area contributed by atoms with E-state index in [0.717, 1.165) is 55.4 Å². The molecule has 0 fully saturated rings. The summed E-state index contributed by atoms with van der Waals surface area (Å²) in [5.41, 5.74) is 17.8. The van der Waals surface area contributed by atoms with Crippen molar-refractivity contribution in [2.75, 3.05) is 0 Å². The molecular weight excluding hydrogens is 639 g/mol. The van der Waals surface area contributed by atoms with Gasteiger partial charge in [-0.25, -0.2) is 0 Å². The third kappa shape index (κ3) is 4.73. The van der Waals surface area contributed by atoms with E-state index in [0.29, 0.717) is 0 Å². The van der Waals surface area contributed by atoms with Gasteiger partial charge in [-0.05, 0) is 85.3 Å². The fourth-order valence-corrected chi connectivity index (χ4v) is 8.82. The second kappa shape index (κ2) is 12.0. The first kappa shape index (κ1) is 31.7. The highest BCUT2D eigenvalue weighted by atomic mass is 16.3. The zero-order chi connectivity index (χ0) is 36.0. The molecule has 0 N–H and O–H groups in total. The predicted molar refractivity (Wildman–Crippen MR) is 241 cm³/mol. The number of hydrogen-bond acceptors (Lipinski definition) is 2. The lowest BCUT2D eigenvalue weighted by Gasteiger charge is -2.24. The topological polar surface area (TPSA) is 26.3 Å². The Balaban J connectivity index is 1.21. The zero-order valence-electron chi connectivity index (χ0n) is 30.6. The third-order valence-corrected chi connectivity index (χ3v) is 11.9. The molecule has 7 heteroatoms. The lowest BCUT2D eigenvalue weighted by molar-refractivity contribution is 0.631. The molecule has 0 bridgehead atoms. The molecular formula is C46H33B5O2. The van der Waals surface area contributed by atoms with E-state index >= 15 is 0 Å². The molecule has 8 aromatic carbocycles. The second-order valence-electron chi connectivity index (χ2n) is 14.5. The van der Waals surface area contributed by atoms with Crippen molar-refractivity contribution in [3.05, 3.63) is 140 Å². The standard InChI is InChI=1S/C46H33B5O2/c47-42-41(43(48)45(50)46(51)44(42)49)40-29-14-6-4-12-27(29)38(28-13-5-7-15-30(28)40)32-17-9-19-35-39(32)31-21-20-25(22-37(31)53-35)26-16-8-18-34-33(26)23-36(52-34)24-10-2-1-3-11-24/h1-23H,47-51H2. The summed E-state index contributed by atoms with van der Waals surface area (Å²) in [5, 5.41) is 8.36. The van der Waals surface area contributed by atoms with Gasteiger partial charge in [-0.2, -0.15) is 0 Å². The van der Waals surface area contributed by atoms with Crippen molar-refractivity contribution >= 4 is 121 Å².